The fraction of sp³-hybridized carbons (Fsp3) is 0.310. The van der Waals surface area contributed by atoms with Crippen LogP contribution in [0.25, 0.3) is 33.4 Å². The molecule has 13 heteroatoms. The van der Waals surface area contributed by atoms with Gasteiger partial charge in [-0.3, -0.25) is 4.79 Å². The molecule has 1 aliphatic heterocycles. The Kier molecular flexibility index (Phi) is 11.5. The predicted molar refractivity (Wildman–Crippen MR) is 175 cm³/mol. The fourth-order valence-corrected chi connectivity index (χ4v) is 9.96. The molecule has 0 spiro atoms. The molecule has 4 rings (SSSR count). The van der Waals surface area contributed by atoms with E-state index in [1.165, 1.54) is 6.07 Å². The number of benzene rings is 3. The van der Waals surface area contributed by atoms with Gasteiger partial charge < -0.3 is 32.3 Å². The highest BCUT2D eigenvalue weighted by Crippen LogP contribution is 2.49. The van der Waals surface area contributed by atoms with Gasteiger partial charge >= 0.3 is 8.80 Å². The molecule has 0 atom stereocenters. The Morgan fingerprint density at radius 3 is 2.17 bits per heavy atom. The van der Waals surface area contributed by atoms with Crippen molar-refractivity contribution in [3.8, 4) is 28.2 Å². The minimum Gasteiger partial charge on any atom is -0.545 e. The van der Waals surface area contributed by atoms with Crippen molar-refractivity contribution in [2.45, 2.75) is 33.2 Å². The molecule has 0 radical (unpaired) electrons. The van der Waals surface area contributed by atoms with E-state index in [-0.39, 0.29) is 21.2 Å². The lowest BCUT2D eigenvalue weighted by Gasteiger charge is -2.28. The smallest absolute Gasteiger partial charge is 0.501 e. The highest BCUT2D eigenvalue weighted by atomic mass is 79.9. The molecule has 2 aromatic rings. The number of carboxylic acid groups (broad SMARTS) is 1. The predicted octanol–water partition coefficient (Wildman–Crippen LogP) is 7.80. The normalized spacial score (nSPS) is 11.9. The van der Waals surface area contributed by atoms with E-state index in [2.05, 4.69) is 63.7 Å². The number of halogens is 4. The van der Waals surface area contributed by atoms with Gasteiger partial charge in [0, 0.05) is 47.9 Å². The van der Waals surface area contributed by atoms with Crippen LogP contribution in [-0.2, 0) is 13.3 Å². The molecule has 0 saturated heterocycles. The van der Waals surface area contributed by atoms with Crippen LogP contribution in [-0.4, -0.2) is 41.2 Å². The summed E-state index contributed by atoms with van der Waals surface area (Å²) in [5.41, 5.74) is 1.57. The first-order valence-electron chi connectivity index (χ1n) is 13.2. The highest BCUT2D eigenvalue weighted by molar-refractivity contribution is 9.11. The first kappa shape index (κ1) is 33.3. The van der Waals surface area contributed by atoms with Crippen molar-refractivity contribution in [3.05, 3.63) is 70.1 Å². The summed E-state index contributed by atoms with van der Waals surface area (Å²) in [5, 5.41) is 12.7. The lowest BCUT2D eigenvalue weighted by molar-refractivity contribution is -0.254. The third-order valence-electron chi connectivity index (χ3n) is 6.39. The molecule has 1 aliphatic carbocycles. The molecule has 0 aromatic heterocycles. The number of fused-ring (bicyclic) bond motifs is 2. The van der Waals surface area contributed by atoms with Gasteiger partial charge in [-0.2, -0.15) is 0 Å². The van der Waals surface area contributed by atoms with Crippen molar-refractivity contribution in [2.75, 3.05) is 26.4 Å². The molecule has 0 fully saturated rings. The third kappa shape index (κ3) is 6.73. The summed E-state index contributed by atoms with van der Waals surface area (Å²) in [4.78, 5) is 24.9. The van der Waals surface area contributed by atoms with Crippen LogP contribution in [0.15, 0.2) is 63.5 Å². The summed E-state index contributed by atoms with van der Waals surface area (Å²) < 4.78 is 32.0. The van der Waals surface area contributed by atoms with Gasteiger partial charge in [-0.15, -0.1) is 0 Å². The fourth-order valence-electron chi connectivity index (χ4n) is 4.75. The number of ether oxygens (including phenoxy) is 1. The maximum atomic E-state index is 12.8. The molecule has 2 aliphatic rings. The standard InChI is InChI=1S/C29H28Br4O8Si/c1-4-38-42(39-5-2,40-6-3)13-9-12-37-28-21(31)15-19-22(16-10-7-8-11-17(16)29(35)36)18-14-20(30)25(34)23(32)26(18)41-27(19)24(28)33/h7-8,10-11,14-15H,4-6,9,12-13H2,1-3H3,(H,35,36)/p-1. The molecule has 0 amide bonds. The zero-order valence-corrected chi connectivity index (χ0v) is 30.3. The van der Waals surface area contributed by atoms with E-state index in [4.69, 9.17) is 22.4 Å². The van der Waals surface area contributed by atoms with E-state index in [1.807, 2.05) is 26.8 Å². The van der Waals surface area contributed by atoms with Crippen LogP contribution in [0.2, 0.25) is 6.04 Å². The van der Waals surface area contributed by atoms with Crippen molar-refractivity contribution in [2.24, 2.45) is 0 Å². The van der Waals surface area contributed by atoms with Crippen LogP contribution >= 0.6 is 63.7 Å². The molecular weight excluding hydrogens is 824 g/mol. The van der Waals surface area contributed by atoms with E-state index >= 15 is 0 Å². The third-order valence-corrected chi connectivity index (χ3v) is 12.2. The number of carboxylic acids is 1. The van der Waals surface area contributed by atoms with Gasteiger partial charge in [0.05, 0.1) is 21.5 Å². The van der Waals surface area contributed by atoms with E-state index in [0.717, 1.165) is 0 Å². The Morgan fingerprint density at radius 1 is 0.905 bits per heavy atom. The molecule has 0 N–H and O–H groups in total. The van der Waals surface area contributed by atoms with Gasteiger partial charge in [0.15, 0.2) is 17.1 Å². The minimum atomic E-state index is -2.82. The van der Waals surface area contributed by atoms with Gasteiger partial charge in [0.2, 0.25) is 5.43 Å². The van der Waals surface area contributed by atoms with E-state index < -0.39 is 14.8 Å². The summed E-state index contributed by atoms with van der Waals surface area (Å²) in [6, 6.07) is 10.6. The van der Waals surface area contributed by atoms with Crippen molar-refractivity contribution in [1.29, 1.82) is 0 Å². The summed E-state index contributed by atoms with van der Waals surface area (Å²) in [7, 11) is -2.82. The molecule has 0 unspecified atom stereocenters. The van der Waals surface area contributed by atoms with Crippen LogP contribution in [0.4, 0.5) is 0 Å². The summed E-state index contributed by atoms with van der Waals surface area (Å²) in [6.07, 6.45) is 0.612. The van der Waals surface area contributed by atoms with Crippen molar-refractivity contribution in [3.63, 3.8) is 0 Å². The topological polar surface area (TPSA) is 107 Å². The van der Waals surface area contributed by atoms with E-state index in [0.29, 0.717) is 85.7 Å². The van der Waals surface area contributed by atoms with Crippen LogP contribution in [0.3, 0.4) is 0 Å². The zero-order valence-electron chi connectivity index (χ0n) is 23.0. The number of rotatable bonds is 13. The second-order valence-corrected chi connectivity index (χ2v) is 15.0. The second kappa shape index (κ2) is 14.5. The van der Waals surface area contributed by atoms with Gasteiger partial charge in [0.1, 0.15) is 8.95 Å². The van der Waals surface area contributed by atoms with Crippen molar-refractivity contribution >= 4 is 89.5 Å². The number of carbonyl (C=O) groups is 1. The molecule has 224 valence electrons. The largest absolute Gasteiger partial charge is 0.545 e. The van der Waals surface area contributed by atoms with Gasteiger partial charge in [-0.05, 0) is 109 Å². The number of hydrogen-bond donors (Lipinski definition) is 0. The van der Waals surface area contributed by atoms with Crippen LogP contribution in [0.5, 0.6) is 5.75 Å². The molecule has 0 bridgehead atoms. The highest BCUT2D eigenvalue weighted by Gasteiger charge is 2.39. The van der Waals surface area contributed by atoms with Crippen molar-refractivity contribution in [1.82, 2.24) is 0 Å². The van der Waals surface area contributed by atoms with E-state index in [1.54, 1.807) is 24.3 Å². The molecule has 8 nitrogen and oxygen atoms in total. The summed E-state index contributed by atoms with van der Waals surface area (Å²) >= 11 is 14.0. The van der Waals surface area contributed by atoms with Crippen LogP contribution < -0.4 is 15.3 Å². The lowest BCUT2D eigenvalue weighted by Crippen LogP contribution is -2.46. The van der Waals surface area contributed by atoms with Crippen LogP contribution in [0, 0.1) is 0 Å². The Hall–Kier alpha value is -1.58. The van der Waals surface area contributed by atoms with E-state index in [9.17, 15) is 14.7 Å². The average Bonchev–Trinajstić information content (AvgIpc) is 2.95. The van der Waals surface area contributed by atoms with Crippen molar-refractivity contribution < 1.29 is 32.3 Å². The summed E-state index contributed by atoms with van der Waals surface area (Å²) in [5.74, 6) is -0.583. The Labute approximate surface area is 277 Å². The van der Waals surface area contributed by atoms with Gasteiger partial charge in [-0.25, -0.2) is 0 Å². The average molecular weight is 851 g/mol. The number of carbonyl (C=O) groups excluding carboxylic acids is 1. The Balaban J connectivity index is 1.84. The maximum Gasteiger partial charge on any atom is 0.501 e. The first-order chi connectivity index (χ1) is 20.1. The molecule has 2 aromatic carbocycles. The quantitative estimate of drug-likeness (QED) is 0.0763. The maximum absolute atomic E-state index is 12.8. The first-order valence-corrected chi connectivity index (χ1v) is 18.3. The second-order valence-electron chi connectivity index (χ2n) is 9.00. The minimum absolute atomic E-state index is 0.00265. The SMILES string of the molecule is CCO[Si](CCCOc1c(Br)cc2c(-c3ccccc3C(=O)[O-])c3cc(Br)c(=O)c(Br)c-3oc2c1Br)(OCC)OCC. The van der Waals surface area contributed by atoms with Crippen LogP contribution in [0.1, 0.15) is 37.6 Å². The van der Waals surface area contributed by atoms with Gasteiger partial charge in [0.25, 0.3) is 0 Å². The molecule has 1 heterocycles. The monoisotopic (exact) mass is 847 g/mol. The lowest BCUT2D eigenvalue weighted by atomic mass is 9.91. The Morgan fingerprint density at radius 2 is 1.55 bits per heavy atom. The molecule has 0 saturated carbocycles. The Bertz CT molecular complexity index is 1620. The number of hydrogen-bond acceptors (Lipinski definition) is 8. The zero-order chi connectivity index (χ0) is 30.6. The summed E-state index contributed by atoms with van der Waals surface area (Å²) in [6.45, 7) is 7.55. The van der Waals surface area contributed by atoms with Gasteiger partial charge in [-0.1, -0.05) is 24.3 Å². The molecular formula is C29H27Br4O8Si-. The number of aromatic carboxylic acids is 1. The molecule has 42 heavy (non-hydrogen) atoms.